The number of para-hydroxylation sites is 2. The van der Waals surface area contributed by atoms with E-state index in [2.05, 4.69) is 32.0 Å². The molecular formula is C20H21N7OS. The van der Waals surface area contributed by atoms with Gasteiger partial charge in [-0.3, -0.25) is 15.4 Å². The van der Waals surface area contributed by atoms with Crippen LogP contribution in [0.4, 0.5) is 17.3 Å². The number of aryl methyl sites for hydroxylation is 1. The quantitative estimate of drug-likeness (QED) is 0.664. The maximum absolute atomic E-state index is 12.4. The van der Waals surface area contributed by atoms with Crippen molar-refractivity contribution < 1.29 is 4.79 Å². The molecule has 0 unspecified atom stereocenters. The Balaban J connectivity index is 1.70. The maximum atomic E-state index is 12.4. The Morgan fingerprint density at radius 1 is 1.45 bits per heavy atom. The lowest BCUT2D eigenvalue weighted by atomic mass is 10.1. The van der Waals surface area contributed by atoms with Gasteiger partial charge >= 0.3 is 0 Å². The summed E-state index contributed by atoms with van der Waals surface area (Å²) in [5, 5.41) is 19.2. The van der Waals surface area contributed by atoms with E-state index in [1.165, 1.54) is 0 Å². The van der Waals surface area contributed by atoms with Crippen molar-refractivity contribution in [2.75, 3.05) is 33.7 Å². The van der Waals surface area contributed by atoms with E-state index in [0.717, 1.165) is 22.8 Å². The van der Waals surface area contributed by atoms with E-state index in [-0.39, 0.29) is 17.9 Å². The molecule has 1 amide bonds. The van der Waals surface area contributed by atoms with Crippen molar-refractivity contribution in [3.63, 3.8) is 0 Å². The second-order valence-corrected chi connectivity index (χ2v) is 7.74. The lowest BCUT2D eigenvalue weighted by Crippen LogP contribution is -2.38. The minimum absolute atomic E-state index is 0.169. The molecule has 1 aromatic heterocycles. The molecule has 1 saturated heterocycles. The molecule has 0 spiro atoms. The summed E-state index contributed by atoms with van der Waals surface area (Å²) in [6.45, 7) is 4.58. The van der Waals surface area contributed by atoms with E-state index in [9.17, 15) is 10.1 Å². The SMILES string of the molecule is CCN1C(=C(C#N)c2nc(NC(=O)[C@H]3CSCN3)ncc2C)Nc2ccccc21. The van der Waals surface area contributed by atoms with Crippen LogP contribution in [-0.2, 0) is 4.79 Å². The first-order valence-corrected chi connectivity index (χ1v) is 10.5. The number of nitriles is 1. The maximum Gasteiger partial charge on any atom is 0.244 e. The van der Waals surface area contributed by atoms with Gasteiger partial charge in [0.25, 0.3) is 0 Å². The van der Waals surface area contributed by atoms with Crippen LogP contribution in [0, 0.1) is 18.3 Å². The van der Waals surface area contributed by atoms with Gasteiger partial charge in [0.2, 0.25) is 11.9 Å². The fourth-order valence-corrected chi connectivity index (χ4v) is 4.33. The first-order valence-electron chi connectivity index (χ1n) is 9.36. The second kappa shape index (κ2) is 8.11. The summed E-state index contributed by atoms with van der Waals surface area (Å²) < 4.78 is 0. The molecule has 1 aromatic carbocycles. The Morgan fingerprint density at radius 2 is 2.28 bits per heavy atom. The highest BCUT2D eigenvalue weighted by atomic mass is 32.2. The molecule has 0 radical (unpaired) electrons. The van der Waals surface area contributed by atoms with Crippen molar-refractivity contribution >= 4 is 40.6 Å². The minimum atomic E-state index is -0.260. The average molecular weight is 408 g/mol. The van der Waals surface area contributed by atoms with Gasteiger partial charge in [-0.05, 0) is 31.5 Å². The molecule has 9 heteroatoms. The predicted molar refractivity (Wildman–Crippen MR) is 115 cm³/mol. The molecule has 2 aromatic rings. The molecule has 0 aliphatic carbocycles. The number of amides is 1. The molecular weight excluding hydrogens is 386 g/mol. The number of hydrogen-bond donors (Lipinski definition) is 3. The third kappa shape index (κ3) is 3.64. The minimum Gasteiger partial charge on any atom is -0.339 e. The molecule has 8 nitrogen and oxygen atoms in total. The molecule has 3 heterocycles. The molecule has 1 atom stereocenters. The van der Waals surface area contributed by atoms with Gasteiger partial charge in [0, 0.05) is 24.4 Å². The summed E-state index contributed by atoms with van der Waals surface area (Å²) in [7, 11) is 0. The summed E-state index contributed by atoms with van der Waals surface area (Å²) >= 11 is 1.67. The van der Waals surface area contributed by atoms with Crippen LogP contribution in [0.25, 0.3) is 5.57 Å². The van der Waals surface area contributed by atoms with Crippen molar-refractivity contribution in [3.8, 4) is 6.07 Å². The first kappa shape index (κ1) is 19.2. The second-order valence-electron chi connectivity index (χ2n) is 6.71. The molecule has 1 fully saturated rings. The Labute approximate surface area is 173 Å². The monoisotopic (exact) mass is 407 g/mol. The number of hydrogen-bond acceptors (Lipinski definition) is 8. The van der Waals surface area contributed by atoms with Crippen molar-refractivity contribution in [2.45, 2.75) is 19.9 Å². The zero-order valence-corrected chi connectivity index (χ0v) is 17.0. The van der Waals surface area contributed by atoms with Crippen LogP contribution in [0.1, 0.15) is 18.2 Å². The number of carbonyl (C=O) groups excluding carboxylic acids is 1. The van der Waals surface area contributed by atoms with Crippen LogP contribution in [0.15, 0.2) is 36.3 Å². The summed E-state index contributed by atoms with van der Waals surface area (Å²) in [6.07, 6.45) is 1.63. The standard InChI is InChI=1S/C20H21N7OS/c1-3-27-16-7-5-4-6-14(16)24-18(27)13(8-21)17-12(2)9-22-20(25-17)26-19(28)15-10-29-11-23-15/h4-7,9,15,23-24H,3,10-11H2,1-2H3,(H,22,25,26,28)/t15-/m1/s1. The number of thioether (sulfide) groups is 1. The Kier molecular flexibility index (Phi) is 5.38. The van der Waals surface area contributed by atoms with E-state index in [1.54, 1.807) is 18.0 Å². The highest BCUT2D eigenvalue weighted by molar-refractivity contribution is 7.99. The fourth-order valence-electron chi connectivity index (χ4n) is 3.39. The van der Waals surface area contributed by atoms with Crippen LogP contribution in [0.3, 0.4) is 0 Å². The Hall–Kier alpha value is -3.09. The molecule has 3 N–H and O–H groups in total. The summed E-state index contributed by atoms with van der Waals surface area (Å²) in [4.78, 5) is 23.2. The van der Waals surface area contributed by atoms with Crippen LogP contribution in [0.5, 0.6) is 0 Å². The van der Waals surface area contributed by atoms with E-state index in [4.69, 9.17) is 0 Å². The predicted octanol–water partition coefficient (Wildman–Crippen LogP) is 2.53. The number of nitrogens with zero attached hydrogens (tertiary/aromatic N) is 4. The molecule has 0 bridgehead atoms. The van der Waals surface area contributed by atoms with Crippen LogP contribution >= 0.6 is 11.8 Å². The lowest BCUT2D eigenvalue weighted by molar-refractivity contribution is -0.117. The molecule has 29 heavy (non-hydrogen) atoms. The third-order valence-electron chi connectivity index (χ3n) is 4.86. The van der Waals surface area contributed by atoms with Crippen molar-refractivity contribution in [1.29, 1.82) is 5.26 Å². The van der Waals surface area contributed by atoms with Crippen molar-refractivity contribution in [1.82, 2.24) is 15.3 Å². The third-order valence-corrected chi connectivity index (χ3v) is 5.80. The van der Waals surface area contributed by atoms with Gasteiger partial charge in [-0.1, -0.05) is 12.1 Å². The highest BCUT2D eigenvalue weighted by Crippen LogP contribution is 2.38. The topological polar surface area (TPSA) is 106 Å². The zero-order valence-electron chi connectivity index (χ0n) is 16.2. The number of rotatable bonds is 4. The van der Waals surface area contributed by atoms with Gasteiger partial charge in [-0.25, -0.2) is 9.97 Å². The van der Waals surface area contributed by atoms with Gasteiger partial charge in [-0.15, -0.1) is 11.8 Å². The first-order chi connectivity index (χ1) is 14.1. The summed E-state index contributed by atoms with van der Waals surface area (Å²) in [5.41, 5.74) is 3.63. The van der Waals surface area contributed by atoms with E-state index in [0.29, 0.717) is 29.4 Å². The van der Waals surface area contributed by atoms with Gasteiger partial charge in [0.1, 0.15) is 17.5 Å². The Morgan fingerprint density at radius 3 is 3.00 bits per heavy atom. The number of carbonyl (C=O) groups is 1. The number of benzene rings is 1. The normalized spacial score (nSPS) is 19.3. The van der Waals surface area contributed by atoms with Gasteiger partial charge in [0.05, 0.1) is 23.1 Å². The summed E-state index contributed by atoms with van der Waals surface area (Å²) in [5.74, 6) is 2.18. The molecule has 4 rings (SSSR count). The van der Waals surface area contributed by atoms with Gasteiger partial charge < -0.3 is 10.2 Å². The molecule has 2 aliphatic heterocycles. The number of aromatic nitrogens is 2. The van der Waals surface area contributed by atoms with Crippen molar-refractivity contribution in [3.05, 3.63) is 47.5 Å². The molecule has 0 saturated carbocycles. The van der Waals surface area contributed by atoms with E-state index < -0.39 is 0 Å². The lowest BCUT2D eigenvalue weighted by Gasteiger charge is -2.19. The van der Waals surface area contributed by atoms with Gasteiger partial charge in [0.15, 0.2) is 0 Å². The fraction of sp³-hybridized carbons (Fsp3) is 0.300. The number of allylic oxidation sites excluding steroid dienone is 1. The molecule has 2 aliphatic rings. The van der Waals surface area contributed by atoms with E-state index >= 15 is 0 Å². The number of fused-ring (bicyclic) bond motifs is 1. The number of nitrogens with one attached hydrogen (secondary N) is 3. The summed E-state index contributed by atoms with van der Waals surface area (Å²) in [6, 6.07) is 9.94. The smallest absolute Gasteiger partial charge is 0.244 e. The van der Waals surface area contributed by atoms with Gasteiger partial charge in [-0.2, -0.15) is 5.26 Å². The van der Waals surface area contributed by atoms with Crippen molar-refractivity contribution in [2.24, 2.45) is 0 Å². The van der Waals surface area contributed by atoms with Crippen LogP contribution in [0.2, 0.25) is 0 Å². The average Bonchev–Trinajstić information content (AvgIpc) is 3.38. The van der Waals surface area contributed by atoms with Crippen LogP contribution < -0.4 is 20.9 Å². The molecule has 148 valence electrons. The highest BCUT2D eigenvalue weighted by Gasteiger charge is 2.28. The van der Waals surface area contributed by atoms with E-state index in [1.807, 2.05) is 43.0 Å². The van der Waals surface area contributed by atoms with Crippen LogP contribution in [-0.4, -0.2) is 40.1 Å². The number of anilines is 3. The Bertz CT molecular complexity index is 1020. The zero-order chi connectivity index (χ0) is 20.4. The largest absolute Gasteiger partial charge is 0.339 e.